The van der Waals surface area contributed by atoms with Gasteiger partial charge in [0.2, 0.25) is 0 Å². The third kappa shape index (κ3) is 3.95. The van der Waals surface area contributed by atoms with Gasteiger partial charge in [0.05, 0.1) is 29.1 Å². The average molecular weight is 601 g/mol. The first-order valence-electron chi connectivity index (χ1n) is 14.8. The second-order valence-corrected chi connectivity index (χ2v) is 13.8. The summed E-state index contributed by atoms with van der Waals surface area (Å²) in [5.74, 6) is -0.0542. The predicted octanol–water partition coefficient (Wildman–Crippen LogP) is 10.00. The molecule has 0 spiro atoms. The maximum absolute atomic E-state index is 13.5. The van der Waals surface area contributed by atoms with Crippen LogP contribution in [0.15, 0.2) is 126 Å². The van der Waals surface area contributed by atoms with E-state index in [1.165, 1.54) is 0 Å². The number of hydrogen-bond acceptors (Lipinski definition) is 3. The van der Waals surface area contributed by atoms with Crippen LogP contribution in [0.1, 0.15) is 11.1 Å². The second-order valence-electron chi connectivity index (χ2n) is 11.7. The molecule has 0 fully saturated rings. The van der Waals surface area contributed by atoms with Gasteiger partial charge in [-0.25, -0.2) is 13.3 Å². The van der Waals surface area contributed by atoms with Gasteiger partial charge in [0.25, 0.3) is 0 Å². The largest absolute Gasteiger partial charge is 0.456 e. The topological polar surface area (TPSA) is 56.6 Å². The van der Waals surface area contributed by atoms with E-state index in [9.17, 15) is 8.42 Å². The summed E-state index contributed by atoms with van der Waals surface area (Å²) in [5.41, 5.74) is 10.6. The molecule has 9 rings (SSSR count). The predicted molar refractivity (Wildman–Crippen MR) is 182 cm³/mol. The molecule has 0 atom stereocenters. The molecular formula is C39H24N2O3S. The van der Waals surface area contributed by atoms with Crippen LogP contribution in [0.4, 0.5) is 5.69 Å². The van der Waals surface area contributed by atoms with E-state index in [-0.39, 0.29) is 11.5 Å². The maximum Gasteiger partial charge on any atom is 0.188 e. The molecule has 0 N–H and O–H groups in total. The Bertz CT molecular complexity index is 2690. The van der Waals surface area contributed by atoms with Crippen molar-refractivity contribution >= 4 is 59.3 Å². The molecule has 0 unspecified atom stereocenters. The van der Waals surface area contributed by atoms with Gasteiger partial charge in [-0.05, 0) is 87.3 Å². The van der Waals surface area contributed by atoms with Crippen molar-refractivity contribution in [3.8, 4) is 27.9 Å². The molecule has 8 aromatic rings. The SMILES string of the molecule is [C-]#[N+]c1ccc2c(c1)c1ccccc1n2-c1ccc2c(c1)CS(=O)(=O)Cc1ccc(-c3cccc4oc5ccccc5c34)cc1-2. The number of fused-ring (bicyclic) bond motifs is 9. The molecule has 0 radical (unpaired) electrons. The molecule has 6 aromatic carbocycles. The summed E-state index contributed by atoms with van der Waals surface area (Å²) < 4.78 is 35.3. The van der Waals surface area contributed by atoms with E-state index >= 15 is 0 Å². The first kappa shape index (κ1) is 25.8. The van der Waals surface area contributed by atoms with Gasteiger partial charge >= 0.3 is 0 Å². The van der Waals surface area contributed by atoms with Crippen molar-refractivity contribution in [2.75, 3.05) is 0 Å². The summed E-state index contributed by atoms with van der Waals surface area (Å²) in [7, 11) is -3.42. The molecule has 1 aliphatic heterocycles. The number of sulfone groups is 1. The fraction of sp³-hybridized carbons (Fsp3) is 0.0513. The summed E-state index contributed by atoms with van der Waals surface area (Å²) in [6.07, 6.45) is 0. The van der Waals surface area contributed by atoms with Crippen LogP contribution in [0.25, 0.3) is 76.5 Å². The molecule has 2 aromatic heterocycles. The highest BCUT2D eigenvalue weighted by molar-refractivity contribution is 7.89. The molecule has 214 valence electrons. The van der Waals surface area contributed by atoms with Gasteiger partial charge in [-0.2, -0.15) is 0 Å². The monoisotopic (exact) mass is 600 g/mol. The molecular weight excluding hydrogens is 577 g/mol. The summed E-state index contributed by atoms with van der Waals surface area (Å²) in [6, 6.07) is 40.3. The highest BCUT2D eigenvalue weighted by Gasteiger charge is 2.26. The molecule has 0 bridgehead atoms. The lowest BCUT2D eigenvalue weighted by Crippen LogP contribution is -2.06. The van der Waals surface area contributed by atoms with E-state index in [0.29, 0.717) is 5.69 Å². The number of rotatable bonds is 2. The van der Waals surface area contributed by atoms with Gasteiger partial charge < -0.3 is 8.98 Å². The van der Waals surface area contributed by atoms with E-state index in [1.807, 2.05) is 78.9 Å². The molecule has 1 aliphatic rings. The zero-order valence-electron chi connectivity index (χ0n) is 24.0. The minimum Gasteiger partial charge on any atom is -0.456 e. The normalized spacial score (nSPS) is 13.9. The molecule has 0 amide bonds. The number of para-hydroxylation sites is 2. The van der Waals surface area contributed by atoms with Crippen molar-refractivity contribution in [2.45, 2.75) is 11.5 Å². The van der Waals surface area contributed by atoms with Crippen LogP contribution in [0.2, 0.25) is 0 Å². The Balaban J connectivity index is 1.26. The van der Waals surface area contributed by atoms with Crippen LogP contribution in [0, 0.1) is 6.57 Å². The van der Waals surface area contributed by atoms with Gasteiger partial charge in [0, 0.05) is 21.8 Å². The fourth-order valence-electron chi connectivity index (χ4n) is 7.07. The quantitative estimate of drug-likeness (QED) is 0.186. The summed E-state index contributed by atoms with van der Waals surface area (Å²) >= 11 is 0. The van der Waals surface area contributed by atoms with Crippen molar-refractivity contribution in [3.05, 3.63) is 144 Å². The van der Waals surface area contributed by atoms with Gasteiger partial charge in [0.1, 0.15) is 11.2 Å². The molecule has 45 heavy (non-hydrogen) atoms. The van der Waals surface area contributed by atoms with Crippen LogP contribution >= 0.6 is 0 Å². The molecule has 3 heterocycles. The van der Waals surface area contributed by atoms with Crippen molar-refractivity contribution in [2.24, 2.45) is 0 Å². The smallest absolute Gasteiger partial charge is 0.188 e. The lowest BCUT2D eigenvalue weighted by Gasteiger charge is -2.15. The van der Waals surface area contributed by atoms with Gasteiger partial charge in [-0.15, -0.1) is 0 Å². The minimum atomic E-state index is -3.42. The van der Waals surface area contributed by atoms with Crippen LogP contribution in [-0.4, -0.2) is 13.0 Å². The highest BCUT2D eigenvalue weighted by Crippen LogP contribution is 2.42. The van der Waals surface area contributed by atoms with Gasteiger partial charge in [-0.3, -0.25) is 0 Å². The van der Waals surface area contributed by atoms with Gasteiger partial charge in [-0.1, -0.05) is 72.8 Å². The molecule has 0 saturated carbocycles. The maximum atomic E-state index is 13.5. The third-order valence-corrected chi connectivity index (χ3v) is 10.5. The van der Waals surface area contributed by atoms with Crippen LogP contribution in [0.5, 0.6) is 0 Å². The minimum absolute atomic E-state index is 0.0136. The highest BCUT2D eigenvalue weighted by atomic mass is 32.2. The van der Waals surface area contributed by atoms with E-state index in [2.05, 4.69) is 51.9 Å². The Morgan fingerprint density at radius 2 is 1.40 bits per heavy atom. The Morgan fingerprint density at radius 3 is 2.29 bits per heavy atom. The number of furan rings is 1. The van der Waals surface area contributed by atoms with E-state index in [4.69, 9.17) is 11.0 Å². The second kappa shape index (κ2) is 9.43. The average Bonchev–Trinajstić information content (AvgIpc) is 3.56. The Morgan fingerprint density at radius 1 is 0.622 bits per heavy atom. The molecule has 0 saturated heterocycles. The Labute approximate surface area is 259 Å². The van der Waals surface area contributed by atoms with Crippen LogP contribution in [0.3, 0.4) is 0 Å². The van der Waals surface area contributed by atoms with Crippen molar-refractivity contribution < 1.29 is 12.8 Å². The Kier molecular flexibility index (Phi) is 5.41. The number of nitrogens with zero attached hydrogens (tertiary/aromatic N) is 2. The first-order valence-corrected chi connectivity index (χ1v) is 16.6. The summed E-state index contributed by atoms with van der Waals surface area (Å²) in [5, 5.41) is 4.16. The zero-order valence-corrected chi connectivity index (χ0v) is 24.8. The van der Waals surface area contributed by atoms with Gasteiger partial charge in [0.15, 0.2) is 15.5 Å². The van der Waals surface area contributed by atoms with Crippen LogP contribution in [-0.2, 0) is 21.3 Å². The van der Waals surface area contributed by atoms with Crippen molar-refractivity contribution in [1.29, 1.82) is 0 Å². The summed E-state index contributed by atoms with van der Waals surface area (Å²) in [6.45, 7) is 7.51. The number of hydrogen-bond donors (Lipinski definition) is 0. The van der Waals surface area contributed by atoms with Crippen LogP contribution < -0.4 is 0 Å². The van der Waals surface area contributed by atoms with E-state index in [1.54, 1.807) is 0 Å². The Hall–Kier alpha value is -5.64. The number of aromatic nitrogens is 1. The molecule has 5 nitrogen and oxygen atoms in total. The summed E-state index contributed by atoms with van der Waals surface area (Å²) in [4.78, 5) is 3.64. The standard InChI is InChI=1S/C39H24N2O3S/c1-40-27-15-18-36-34(21-27)31-7-2-4-10-35(31)41(36)28-16-17-29-26(19-28)23-45(42,43)22-25-14-13-24(20-33(25)29)30-9-6-12-38-39(30)32-8-3-5-11-37(32)44-38/h2-21H,22-23H2. The molecule has 0 aliphatic carbocycles. The zero-order chi connectivity index (χ0) is 30.3. The van der Waals surface area contributed by atoms with E-state index in [0.717, 1.165) is 82.8 Å². The molecule has 6 heteroatoms. The first-order chi connectivity index (χ1) is 22.0. The van der Waals surface area contributed by atoms with Crippen molar-refractivity contribution in [1.82, 2.24) is 4.57 Å². The van der Waals surface area contributed by atoms with Crippen molar-refractivity contribution in [3.63, 3.8) is 0 Å². The third-order valence-electron chi connectivity index (χ3n) is 9.00. The van der Waals surface area contributed by atoms with E-state index < -0.39 is 9.84 Å². The lowest BCUT2D eigenvalue weighted by atomic mass is 9.91. The lowest BCUT2D eigenvalue weighted by molar-refractivity contribution is 0.595. The fourth-order valence-corrected chi connectivity index (χ4v) is 8.61. The number of benzene rings is 6.